The zero-order valence-electron chi connectivity index (χ0n) is 10.6. The maximum absolute atomic E-state index is 5.65. The zero-order chi connectivity index (χ0) is 13.1. The van der Waals surface area contributed by atoms with Crippen molar-refractivity contribution in [2.75, 3.05) is 36.5 Å². The molecule has 0 saturated carbocycles. The smallest absolute Gasteiger partial charge is 0.130 e. The fourth-order valence-corrected chi connectivity index (χ4v) is 2.93. The number of hydrogen-bond acceptors (Lipinski definition) is 6. The number of nitrogens with two attached hydrogens (primary N) is 1. The van der Waals surface area contributed by atoms with Gasteiger partial charge in [-0.2, -0.15) is 11.3 Å². The van der Waals surface area contributed by atoms with Crippen molar-refractivity contribution in [2.45, 2.75) is 0 Å². The van der Waals surface area contributed by atoms with Gasteiger partial charge in [0, 0.05) is 44.0 Å². The molecule has 3 heterocycles. The standard InChI is InChI=1S/C13H17N5S/c14-17-12-7-13(18-4-2-15-3-5-18)16-8-11(12)10-1-6-19-9-10/h1,6-9,15H,2-5,14H2,(H,16,17). The summed E-state index contributed by atoms with van der Waals surface area (Å²) in [5.74, 6) is 6.63. The monoisotopic (exact) mass is 275 g/mol. The third-order valence-electron chi connectivity index (χ3n) is 3.32. The van der Waals surface area contributed by atoms with Crippen LogP contribution >= 0.6 is 11.3 Å². The molecule has 4 N–H and O–H groups in total. The van der Waals surface area contributed by atoms with E-state index >= 15 is 0 Å². The molecule has 2 aromatic rings. The second kappa shape index (κ2) is 5.56. The van der Waals surface area contributed by atoms with Crippen LogP contribution in [0.25, 0.3) is 11.1 Å². The highest BCUT2D eigenvalue weighted by Gasteiger charge is 2.14. The molecule has 100 valence electrons. The number of hydrogen-bond donors (Lipinski definition) is 3. The highest BCUT2D eigenvalue weighted by atomic mass is 32.1. The fourth-order valence-electron chi connectivity index (χ4n) is 2.28. The Morgan fingerprint density at radius 1 is 1.37 bits per heavy atom. The fraction of sp³-hybridized carbons (Fsp3) is 0.308. The second-order valence-electron chi connectivity index (χ2n) is 4.48. The lowest BCUT2D eigenvalue weighted by Gasteiger charge is -2.28. The molecule has 0 radical (unpaired) electrons. The summed E-state index contributed by atoms with van der Waals surface area (Å²) in [6.45, 7) is 3.96. The lowest BCUT2D eigenvalue weighted by atomic mass is 10.1. The number of piperazine rings is 1. The summed E-state index contributed by atoms with van der Waals surface area (Å²) < 4.78 is 0. The molecule has 5 nitrogen and oxygen atoms in total. The molecule has 0 spiro atoms. The van der Waals surface area contributed by atoms with Crippen molar-refractivity contribution in [1.82, 2.24) is 10.3 Å². The summed E-state index contributed by atoms with van der Waals surface area (Å²) >= 11 is 1.67. The molecule has 0 aliphatic carbocycles. The van der Waals surface area contributed by atoms with Crippen molar-refractivity contribution in [3.05, 3.63) is 29.1 Å². The Bertz CT molecular complexity index is 534. The summed E-state index contributed by atoms with van der Waals surface area (Å²) in [6.07, 6.45) is 1.90. The van der Waals surface area contributed by atoms with Crippen LogP contribution in [0.3, 0.4) is 0 Å². The van der Waals surface area contributed by atoms with E-state index in [0.717, 1.165) is 48.8 Å². The van der Waals surface area contributed by atoms with Gasteiger partial charge in [0.15, 0.2) is 0 Å². The Kier molecular flexibility index (Phi) is 3.63. The molecular formula is C13H17N5S. The van der Waals surface area contributed by atoms with E-state index < -0.39 is 0 Å². The first-order valence-electron chi connectivity index (χ1n) is 6.33. The van der Waals surface area contributed by atoms with Gasteiger partial charge in [-0.1, -0.05) is 0 Å². The zero-order valence-corrected chi connectivity index (χ0v) is 11.4. The minimum atomic E-state index is 0.918. The Morgan fingerprint density at radius 3 is 2.89 bits per heavy atom. The van der Waals surface area contributed by atoms with Crippen molar-refractivity contribution < 1.29 is 0 Å². The number of pyridine rings is 1. The molecule has 0 bridgehead atoms. The number of rotatable bonds is 3. The number of nitrogen functional groups attached to an aromatic ring is 1. The minimum absolute atomic E-state index is 0.918. The Balaban J connectivity index is 1.92. The molecule has 0 aromatic carbocycles. The van der Waals surface area contributed by atoms with Gasteiger partial charge in [-0.05, 0) is 22.4 Å². The molecule has 1 saturated heterocycles. The van der Waals surface area contributed by atoms with Crippen LogP contribution in [-0.4, -0.2) is 31.2 Å². The third kappa shape index (κ3) is 2.56. The van der Waals surface area contributed by atoms with Gasteiger partial charge in [0.2, 0.25) is 0 Å². The number of nitrogens with zero attached hydrogens (tertiary/aromatic N) is 2. The van der Waals surface area contributed by atoms with Crippen LogP contribution in [-0.2, 0) is 0 Å². The molecule has 0 atom stereocenters. The second-order valence-corrected chi connectivity index (χ2v) is 5.26. The van der Waals surface area contributed by atoms with Crippen molar-refractivity contribution in [3.63, 3.8) is 0 Å². The molecule has 0 unspecified atom stereocenters. The summed E-state index contributed by atoms with van der Waals surface area (Å²) in [4.78, 5) is 6.85. The largest absolute Gasteiger partial charge is 0.354 e. The van der Waals surface area contributed by atoms with Gasteiger partial charge in [-0.15, -0.1) is 0 Å². The van der Waals surface area contributed by atoms with Gasteiger partial charge in [-0.25, -0.2) is 4.98 Å². The van der Waals surface area contributed by atoms with Gasteiger partial charge in [0.05, 0.1) is 5.69 Å². The van der Waals surface area contributed by atoms with Crippen molar-refractivity contribution in [1.29, 1.82) is 0 Å². The van der Waals surface area contributed by atoms with Gasteiger partial charge < -0.3 is 15.6 Å². The molecule has 1 aliphatic heterocycles. The van der Waals surface area contributed by atoms with Crippen LogP contribution in [0.2, 0.25) is 0 Å². The van der Waals surface area contributed by atoms with E-state index in [1.807, 2.05) is 12.3 Å². The van der Waals surface area contributed by atoms with E-state index in [1.54, 1.807) is 11.3 Å². The number of aromatic nitrogens is 1. The van der Waals surface area contributed by atoms with E-state index in [0.29, 0.717) is 0 Å². The molecule has 6 heteroatoms. The van der Waals surface area contributed by atoms with Crippen LogP contribution in [0, 0.1) is 0 Å². The van der Waals surface area contributed by atoms with E-state index in [1.165, 1.54) is 0 Å². The first kappa shape index (κ1) is 12.4. The molecule has 1 fully saturated rings. The Morgan fingerprint density at radius 2 is 2.21 bits per heavy atom. The predicted octanol–water partition coefficient (Wildman–Crippen LogP) is 1.51. The average molecular weight is 275 g/mol. The topological polar surface area (TPSA) is 66.2 Å². The maximum Gasteiger partial charge on any atom is 0.130 e. The number of hydrazine groups is 1. The molecule has 1 aliphatic rings. The predicted molar refractivity (Wildman–Crippen MR) is 80.4 cm³/mol. The van der Waals surface area contributed by atoms with Gasteiger partial charge in [0.25, 0.3) is 0 Å². The lowest BCUT2D eigenvalue weighted by Crippen LogP contribution is -2.43. The first-order valence-corrected chi connectivity index (χ1v) is 7.27. The number of thiophene rings is 1. The van der Waals surface area contributed by atoms with Crippen LogP contribution in [0.1, 0.15) is 0 Å². The number of anilines is 2. The summed E-state index contributed by atoms with van der Waals surface area (Å²) in [5, 5.41) is 7.49. The Labute approximate surface area is 116 Å². The highest BCUT2D eigenvalue weighted by Crippen LogP contribution is 2.31. The SMILES string of the molecule is NNc1cc(N2CCNCC2)ncc1-c1ccsc1. The van der Waals surface area contributed by atoms with Crippen LogP contribution in [0.5, 0.6) is 0 Å². The average Bonchev–Trinajstić information content (AvgIpc) is 3.01. The molecule has 3 rings (SSSR count). The van der Waals surface area contributed by atoms with Crippen LogP contribution in [0.15, 0.2) is 29.1 Å². The van der Waals surface area contributed by atoms with Crippen molar-refractivity contribution >= 4 is 22.8 Å². The minimum Gasteiger partial charge on any atom is -0.354 e. The van der Waals surface area contributed by atoms with Crippen LogP contribution < -0.4 is 21.5 Å². The van der Waals surface area contributed by atoms with E-state index in [2.05, 4.69) is 37.5 Å². The highest BCUT2D eigenvalue weighted by molar-refractivity contribution is 7.08. The van der Waals surface area contributed by atoms with Crippen LogP contribution in [0.4, 0.5) is 11.5 Å². The molecule has 0 amide bonds. The normalized spacial score (nSPS) is 15.5. The van der Waals surface area contributed by atoms with Gasteiger partial charge in [0.1, 0.15) is 5.82 Å². The van der Waals surface area contributed by atoms with E-state index in [4.69, 9.17) is 5.84 Å². The molecular weight excluding hydrogens is 258 g/mol. The lowest BCUT2D eigenvalue weighted by molar-refractivity contribution is 0.585. The van der Waals surface area contributed by atoms with E-state index in [-0.39, 0.29) is 0 Å². The maximum atomic E-state index is 5.65. The molecule has 19 heavy (non-hydrogen) atoms. The van der Waals surface area contributed by atoms with Crippen molar-refractivity contribution in [2.24, 2.45) is 5.84 Å². The summed E-state index contributed by atoms with van der Waals surface area (Å²) in [7, 11) is 0. The van der Waals surface area contributed by atoms with E-state index in [9.17, 15) is 0 Å². The molecule has 2 aromatic heterocycles. The van der Waals surface area contributed by atoms with Gasteiger partial charge >= 0.3 is 0 Å². The number of nitrogens with one attached hydrogen (secondary N) is 2. The van der Waals surface area contributed by atoms with Gasteiger partial charge in [-0.3, -0.25) is 5.84 Å². The quantitative estimate of drug-likeness (QED) is 0.585. The van der Waals surface area contributed by atoms with Crippen molar-refractivity contribution in [3.8, 4) is 11.1 Å². The third-order valence-corrected chi connectivity index (χ3v) is 4.00. The first-order chi connectivity index (χ1) is 9.38. The summed E-state index contributed by atoms with van der Waals surface area (Å²) in [5.41, 5.74) is 5.90. The summed E-state index contributed by atoms with van der Waals surface area (Å²) in [6, 6.07) is 4.10. The Hall–Kier alpha value is -1.63.